The molecule has 1 N–H and O–H groups in total. The van der Waals surface area contributed by atoms with Crippen molar-refractivity contribution in [2.75, 3.05) is 43.1 Å². The van der Waals surface area contributed by atoms with Crippen LogP contribution >= 0.6 is 0 Å². The van der Waals surface area contributed by atoms with Gasteiger partial charge in [0.2, 0.25) is 0 Å². The number of pyridine rings is 1. The summed E-state index contributed by atoms with van der Waals surface area (Å²) >= 11 is 0. The van der Waals surface area contributed by atoms with Gasteiger partial charge in [0.25, 0.3) is 0 Å². The van der Waals surface area contributed by atoms with Gasteiger partial charge < -0.3 is 29.3 Å². The molecule has 1 aromatic carbocycles. The Hall–Kier alpha value is -3.95. The molecule has 1 amide bonds. The normalized spacial score (nSPS) is 19.9. The zero-order valence-corrected chi connectivity index (χ0v) is 27.1. The van der Waals surface area contributed by atoms with Gasteiger partial charge in [0.05, 0.1) is 43.1 Å². The van der Waals surface area contributed by atoms with E-state index < -0.39 is 19.5 Å². The Morgan fingerprint density at radius 3 is 2.59 bits per heavy atom. The van der Waals surface area contributed by atoms with Crippen LogP contribution < -0.4 is 15.0 Å². The molecule has 3 fully saturated rings. The van der Waals surface area contributed by atoms with Crippen LogP contribution in [0.4, 0.5) is 26.5 Å². The molecule has 3 aliphatic rings. The summed E-state index contributed by atoms with van der Waals surface area (Å²) in [6, 6.07) is 7.40. The van der Waals surface area contributed by atoms with Crippen molar-refractivity contribution in [3.05, 3.63) is 42.0 Å². The third-order valence-corrected chi connectivity index (χ3v) is 8.61. The Bertz CT molecular complexity index is 1640. The third-order valence-electron chi connectivity index (χ3n) is 7.73. The fourth-order valence-electron chi connectivity index (χ4n) is 5.53. The first-order valence-corrected chi connectivity index (χ1v) is 18.6. The van der Waals surface area contributed by atoms with E-state index in [1.807, 2.05) is 37.8 Å². The number of amides is 1. The monoisotopic (exact) mass is 618 g/mol. The van der Waals surface area contributed by atoms with E-state index in [-0.39, 0.29) is 29.4 Å². The molecule has 0 unspecified atom stereocenters. The second kappa shape index (κ2) is 11.5. The van der Waals surface area contributed by atoms with E-state index in [2.05, 4.69) is 51.3 Å². The van der Waals surface area contributed by atoms with Crippen molar-refractivity contribution in [2.45, 2.75) is 64.5 Å². The summed E-state index contributed by atoms with van der Waals surface area (Å²) in [5.74, 6) is 4.45. The summed E-state index contributed by atoms with van der Waals surface area (Å²) < 4.78 is 32.9. The van der Waals surface area contributed by atoms with Gasteiger partial charge >= 0.3 is 6.09 Å². The summed E-state index contributed by atoms with van der Waals surface area (Å²) in [5, 5.41) is 3.15. The average molecular weight is 619 g/mol. The third kappa shape index (κ3) is 6.44. The Labute approximate surface area is 258 Å². The minimum atomic E-state index is -1.79. The van der Waals surface area contributed by atoms with Crippen molar-refractivity contribution in [2.24, 2.45) is 5.92 Å². The van der Waals surface area contributed by atoms with E-state index in [4.69, 9.17) is 19.2 Å². The van der Waals surface area contributed by atoms with Gasteiger partial charge in [-0.25, -0.2) is 24.1 Å². The molecular formula is C32H39FN6O4Si. The molecule has 3 saturated heterocycles. The van der Waals surface area contributed by atoms with Crippen LogP contribution in [0.3, 0.4) is 0 Å². The smallest absolute Gasteiger partial charge is 0.410 e. The van der Waals surface area contributed by atoms with Crippen LogP contribution in [0.2, 0.25) is 19.6 Å². The molecular weight excluding hydrogens is 579 g/mol. The molecule has 5 heterocycles. The number of carbonyl (C=O) groups is 1. The number of nitrogens with zero attached hydrogens (tertiary/aromatic N) is 5. The predicted octanol–water partition coefficient (Wildman–Crippen LogP) is 5.36. The van der Waals surface area contributed by atoms with E-state index in [9.17, 15) is 4.79 Å². The number of piperazine rings is 1. The highest BCUT2D eigenvalue weighted by Crippen LogP contribution is 2.36. The largest absolute Gasteiger partial charge is 0.492 e. The Morgan fingerprint density at radius 2 is 1.93 bits per heavy atom. The van der Waals surface area contributed by atoms with Gasteiger partial charge in [0.15, 0.2) is 11.6 Å². The molecule has 0 saturated carbocycles. The number of anilines is 3. The van der Waals surface area contributed by atoms with Crippen LogP contribution in [0.15, 0.2) is 30.6 Å². The quantitative estimate of drug-likeness (QED) is 0.289. The molecule has 3 aliphatic heterocycles. The van der Waals surface area contributed by atoms with Crippen molar-refractivity contribution in [1.29, 1.82) is 0 Å². The van der Waals surface area contributed by atoms with Crippen LogP contribution in [0.5, 0.6) is 5.75 Å². The zero-order valence-electron chi connectivity index (χ0n) is 26.1. The maximum atomic E-state index is 16.1. The number of halogens is 1. The van der Waals surface area contributed by atoms with Crippen molar-refractivity contribution in [1.82, 2.24) is 19.9 Å². The van der Waals surface area contributed by atoms with Gasteiger partial charge in [-0.15, -0.1) is 5.54 Å². The maximum absolute atomic E-state index is 16.1. The Morgan fingerprint density at radius 1 is 1.14 bits per heavy atom. The summed E-state index contributed by atoms with van der Waals surface area (Å²) in [4.78, 5) is 30.5. The van der Waals surface area contributed by atoms with Crippen LogP contribution in [0.1, 0.15) is 32.8 Å². The lowest BCUT2D eigenvalue weighted by molar-refractivity contribution is -0.0509. The van der Waals surface area contributed by atoms with Crippen molar-refractivity contribution in [3.8, 4) is 17.2 Å². The lowest BCUT2D eigenvalue weighted by Crippen LogP contribution is -2.50. The van der Waals surface area contributed by atoms with Gasteiger partial charge in [-0.1, -0.05) is 25.6 Å². The fourth-order valence-corrected chi connectivity index (χ4v) is 6.03. The number of rotatable bonds is 6. The second-order valence-corrected chi connectivity index (χ2v) is 18.5. The Balaban J connectivity index is 1.25. The number of carbonyl (C=O) groups excluding carboxylic acids is 1. The molecule has 6 rings (SSSR count). The minimum Gasteiger partial charge on any atom is -0.492 e. The van der Waals surface area contributed by atoms with Crippen molar-refractivity contribution >= 4 is 42.5 Å². The summed E-state index contributed by atoms with van der Waals surface area (Å²) in [6.07, 6.45) is 2.01. The average Bonchev–Trinajstić information content (AvgIpc) is 3.53. The molecule has 232 valence electrons. The summed E-state index contributed by atoms with van der Waals surface area (Å²) in [5.41, 5.74) is 4.34. The van der Waals surface area contributed by atoms with E-state index in [1.54, 1.807) is 12.1 Å². The van der Waals surface area contributed by atoms with E-state index >= 15 is 4.39 Å². The number of ether oxygens (including phenoxy) is 3. The van der Waals surface area contributed by atoms with E-state index in [0.717, 1.165) is 12.2 Å². The topological polar surface area (TPSA) is 102 Å². The standard InChI is InChI=1S/C32H39FN6O4Si/c1-32(2,3)43-31(40)39-15-21-13-22(39)14-38(21)27-10-8-25-29(37-27)30(35-19-34-25)36-24-7-9-26(42-18-20-16-41-17-20)23(28(24)33)11-12-44(4,5)6/h7-10,19-22H,13-18H2,1-6H3,(H,34,35,36)/t21-,22-/m0/s1. The molecule has 2 aromatic heterocycles. The maximum Gasteiger partial charge on any atom is 0.410 e. The highest BCUT2D eigenvalue weighted by molar-refractivity contribution is 6.83. The number of aromatic nitrogens is 3. The van der Waals surface area contributed by atoms with Gasteiger partial charge in [0.1, 0.15) is 42.6 Å². The first-order valence-electron chi connectivity index (χ1n) is 15.1. The number of nitrogens with one attached hydrogen (secondary N) is 1. The summed E-state index contributed by atoms with van der Waals surface area (Å²) in [7, 11) is -1.79. The molecule has 2 bridgehead atoms. The van der Waals surface area contributed by atoms with Crippen molar-refractivity contribution in [3.63, 3.8) is 0 Å². The van der Waals surface area contributed by atoms with Gasteiger partial charge in [-0.2, -0.15) is 0 Å². The number of likely N-dealkylation sites (tertiary alicyclic amines) is 1. The van der Waals surface area contributed by atoms with Crippen molar-refractivity contribution < 1.29 is 23.4 Å². The predicted molar refractivity (Wildman–Crippen MR) is 170 cm³/mol. The molecule has 10 nitrogen and oxygen atoms in total. The van der Waals surface area contributed by atoms with Crippen LogP contribution in [0.25, 0.3) is 11.0 Å². The molecule has 0 radical (unpaired) electrons. The van der Waals surface area contributed by atoms with Crippen LogP contribution in [0, 0.1) is 23.2 Å². The first kappa shape index (κ1) is 30.1. The molecule has 12 heteroatoms. The number of hydrogen-bond donors (Lipinski definition) is 1. The highest BCUT2D eigenvalue weighted by atomic mass is 28.3. The van der Waals surface area contributed by atoms with Gasteiger partial charge in [0, 0.05) is 19.0 Å². The number of benzene rings is 1. The van der Waals surface area contributed by atoms with Crippen LogP contribution in [-0.4, -0.2) is 84.6 Å². The lowest BCUT2D eigenvalue weighted by Gasteiger charge is -2.35. The fraction of sp³-hybridized carbons (Fsp3) is 0.500. The molecule has 3 aromatic rings. The molecule has 2 atom stereocenters. The second-order valence-electron chi connectivity index (χ2n) is 13.7. The lowest BCUT2D eigenvalue weighted by atomic mass is 10.1. The zero-order chi connectivity index (χ0) is 31.2. The van der Waals surface area contributed by atoms with Crippen LogP contribution in [-0.2, 0) is 9.47 Å². The number of hydrogen-bond acceptors (Lipinski definition) is 9. The summed E-state index contributed by atoms with van der Waals surface area (Å²) in [6.45, 7) is 14.9. The highest BCUT2D eigenvalue weighted by Gasteiger charge is 2.47. The Kier molecular flexibility index (Phi) is 7.88. The van der Waals surface area contributed by atoms with Gasteiger partial charge in [-0.05, 0) is 51.5 Å². The molecule has 0 spiro atoms. The molecule has 44 heavy (non-hydrogen) atoms. The van der Waals surface area contributed by atoms with Gasteiger partial charge in [-0.3, -0.25) is 0 Å². The number of fused-ring (bicyclic) bond motifs is 3. The van der Waals surface area contributed by atoms with E-state index in [1.165, 1.54) is 6.33 Å². The first-order chi connectivity index (χ1) is 20.8. The SMILES string of the molecule is CC(C)(C)OC(=O)N1C[C@@H]2C[C@H]1CN2c1ccc2ncnc(Nc3ccc(OCC4COC4)c(C#C[Si](C)(C)C)c3F)c2n1. The minimum absolute atomic E-state index is 0.0549. The van der Waals surface area contributed by atoms with E-state index in [0.29, 0.717) is 61.4 Å². The molecule has 0 aliphatic carbocycles.